The highest BCUT2D eigenvalue weighted by Gasteiger charge is 2.24. The van der Waals surface area contributed by atoms with Crippen LogP contribution in [0.1, 0.15) is 0 Å². The van der Waals surface area contributed by atoms with E-state index in [1.165, 1.54) is 12.1 Å². The van der Waals surface area contributed by atoms with Gasteiger partial charge in [-0.2, -0.15) is 0 Å². The Hall–Kier alpha value is -1.15. The monoisotopic (exact) mass is 284 g/mol. The summed E-state index contributed by atoms with van der Waals surface area (Å²) >= 11 is 0. The molecule has 0 bridgehead atoms. The van der Waals surface area contributed by atoms with Crippen molar-refractivity contribution in [1.29, 1.82) is 0 Å². The number of benzene rings is 1. The van der Waals surface area contributed by atoms with Crippen LogP contribution in [0.25, 0.3) is 0 Å². The minimum Gasteiger partial charge on any atom is -0.365 e. The normalized spacial score (nSPS) is 21.6. The van der Waals surface area contributed by atoms with Crippen molar-refractivity contribution in [2.75, 3.05) is 38.1 Å². The number of hydrogen-bond acceptors (Lipinski definition) is 5. The fourth-order valence-corrected chi connectivity index (χ4v) is 2.90. The van der Waals surface area contributed by atoms with Gasteiger partial charge in [0.05, 0.1) is 10.9 Å². The lowest BCUT2D eigenvalue weighted by molar-refractivity contribution is 0.270. The van der Waals surface area contributed by atoms with Crippen LogP contribution in [0.4, 0.5) is 5.69 Å². The zero-order valence-electron chi connectivity index (χ0n) is 11.0. The van der Waals surface area contributed by atoms with Crippen LogP contribution in [0.3, 0.4) is 0 Å². The van der Waals surface area contributed by atoms with Crippen LogP contribution in [0.15, 0.2) is 29.2 Å². The molecule has 2 rings (SSSR count). The van der Waals surface area contributed by atoms with Crippen LogP contribution in [0, 0.1) is 0 Å². The molecular formula is C12H20N4O2S. The highest BCUT2D eigenvalue weighted by Crippen LogP contribution is 2.21. The summed E-state index contributed by atoms with van der Waals surface area (Å²) in [6.45, 7) is 3.33. The summed E-state index contributed by atoms with van der Waals surface area (Å²) in [5, 5.41) is 5.09. The topological polar surface area (TPSA) is 92.7 Å². The van der Waals surface area contributed by atoms with Gasteiger partial charge in [0.1, 0.15) is 0 Å². The molecule has 1 aromatic rings. The van der Waals surface area contributed by atoms with Gasteiger partial charge in [-0.15, -0.1) is 0 Å². The first-order valence-electron chi connectivity index (χ1n) is 6.20. The van der Waals surface area contributed by atoms with E-state index in [4.69, 9.17) is 10.9 Å². The predicted molar refractivity (Wildman–Crippen MR) is 75.5 cm³/mol. The van der Waals surface area contributed by atoms with Gasteiger partial charge in [-0.3, -0.25) is 0 Å². The molecule has 0 radical (unpaired) electrons. The quantitative estimate of drug-likeness (QED) is 0.774. The number of primary sulfonamides is 1. The molecule has 1 fully saturated rings. The largest absolute Gasteiger partial charge is 0.365 e. The van der Waals surface area contributed by atoms with E-state index >= 15 is 0 Å². The molecule has 0 aromatic heterocycles. The van der Waals surface area contributed by atoms with Crippen LogP contribution < -0.4 is 15.8 Å². The summed E-state index contributed by atoms with van der Waals surface area (Å²) in [5.74, 6) is 0. The SMILES string of the molecule is CN1CCN(c2ccc(S(N)(=O)=O)cc2)C(CN)C1. The zero-order valence-corrected chi connectivity index (χ0v) is 11.8. The third-order valence-corrected chi connectivity index (χ3v) is 4.38. The lowest BCUT2D eigenvalue weighted by atomic mass is 10.1. The van der Waals surface area contributed by atoms with Gasteiger partial charge in [0.15, 0.2) is 0 Å². The second kappa shape index (κ2) is 5.46. The molecule has 106 valence electrons. The van der Waals surface area contributed by atoms with Gasteiger partial charge >= 0.3 is 0 Å². The average molecular weight is 284 g/mol. The van der Waals surface area contributed by atoms with Gasteiger partial charge in [0.2, 0.25) is 10.0 Å². The van der Waals surface area contributed by atoms with E-state index in [2.05, 4.69) is 16.8 Å². The van der Waals surface area contributed by atoms with E-state index in [-0.39, 0.29) is 10.9 Å². The fraction of sp³-hybridized carbons (Fsp3) is 0.500. The molecule has 7 heteroatoms. The molecule has 0 amide bonds. The Morgan fingerprint density at radius 2 is 1.89 bits per heavy atom. The number of nitrogens with two attached hydrogens (primary N) is 2. The van der Waals surface area contributed by atoms with E-state index in [1.807, 2.05) is 0 Å². The van der Waals surface area contributed by atoms with Gasteiger partial charge < -0.3 is 15.5 Å². The van der Waals surface area contributed by atoms with Gasteiger partial charge in [-0.05, 0) is 31.3 Å². The Bertz CT molecular complexity index is 529. The first kappa shape index (κ1) is 14.3. The molecule has 19 heavy (non-hydrogen) atoms. The number of anilines is 1. The van der Waals surface area contributed by atoms with E-state index < -0.39 is 10.0 Å². The average Bonchev–Trinajstić information content (AvgIpc) is 2.37. The number of rotatable bonds is 3. The fourth-order valence-electron chi connectivity index (χ4n) is 2.38. The van der Waals surface area contributed by atoms with Crippen molar-refractivity contribution in [2.24, 2.45) is 10.9 Å². The molecule has 1 aliphatic rings. The number of hydrogen-bond donors (Lipinski definition) is 2. The third-order valence-electron chi connectivity index (χ3n) is 3.45. The summed E-state index contributed by atoms with van der Waals surface area (Å²) in [7, 11) is -1.56. The first-order chi connectivity index (χ1) is 8.91. The van der Waals surface area contributed by atoms with E-state index in [0.717, 1.165) is 25.3 Å². The molecule has 0 saturated carbocycles. The molecular weight excluding hydrogens is 264 g/mol. The molecule has 1 saturated heterocycles. The molecule has 0 spiro atoms. The summed E-state index contributed by atoms with van der Waals surface area (Å²) in [4.78, 5) is 4.59. The Morgan fingerprint density at radius 3 is 2.42 bits per heavy atom. The second-order valence-corrected chi connectivity index (χ2v) is 6.45. The van der Waals surface area contributed by atoms with Crippen LogP contribution in [-0.2, 0) is 10.0 Å². The molecule has 1 aliphatic heterocycles. The Labute approximate surface area is 114 Å². The van der Waals surface area contributed by atoms with Crippen molar-refractivity contribution >= 4 is 15.7 Å². The van der Waals surface area contributed by atoms with E-state index in [1.54, 1.807) is 12.1 Å². The van der Waals surface area contributed by atoms with Crippen molar-refractivity contribution in [1.82, 2.24) is 4.90 Å². The maximum Gasteiger partial charge on any atom is 0.238 e. The van der Waals surface area contributed by atoms with E-state index in [0.29, 0.717) is 6.54 Å². The smallest absolute Gasteiger partial charge is 0.238 e. The van der Waals surface area contributed by atoms with Crippen molar-refractivity contribution in [3.8, 4) is 0 Å². The van der Waals surface area contributed by atoms with Gasteiger partial charge in [-0.25, -0.2) is 13.6 Å². The number of nitrogens with zero attached hydrogens (tertiary/aromatic N) is 2. The first-order valence-corrected chi connectivity index (χ1v) is 7.74. The Balaban J connectivity index is 2.22. The number of sulfonamides is 1. The lowest BCUT2D eigenvalue weighted by Crippen LogP contribution is -2.55. The molecule has 6 nitrogen and oxygen atoms in total. The minimum absolute atomic E-state index is 0.134. The highest BCUT2D eigenvalue weighted by molar-refractivity contribution is 7.89. The molecule has 1 aromatic carbocycles. The van der Waals surface area contributed by atoms with Crippen LogP contribution in [-0.4, -0.2) is 52.6 Å². The van der Waals surface area contributed by atoms with Crippen LogP contribution in [0.2, 0.25) is 0 Å². The number of likely N-dealkylation sites (N-methyl/N-ethyl adjacent to an activating group) is 1. The van der Waals surface area contributed by atoms with Crippen molar-refractivity contribution in [3.05, 3.63) is 24.3 Å². The minimum atomic E-state index is -3.63. The third kappa shape index (κ3) is 3.24. The molecule has 1 unspecified atom stereocenters. The summed E-state index contributed by atoms with van der Waals surface area (Å²) in [6.07, 6.45) is 0. The lowest BCUT2D eigenvalue weighted by Gasteiger charge is -2.41. The summed E-state index contributed by atoms with van der Waals surface area (Å²) < 4.78 is 22.4. The Kier molecular flexibility index (Phi) is 4.10. The van der Waals surface area contributed by atoms with Gasteiger partial charge in [0.25, 0.3) is 0 Å². The maximum atomic E-state index is 11.2. The summed E-state index contributed by atoms with van der Waals surface area (Å²) in [5.41, 5.74) is 6.79. The highest BCUT2D eigenvalue weighted by atomic mass is 32.2. The van der Waals surface area contributed by atoms with Gasteiger partial charge in [0, 0.05) is 31.9 Å². The van der Waals surface area contributed by atoms with Crippen LogP contribution in [0.5, 0.6) is 0 Å². The molecule has 0 aliphatic carbocycles. The van der Waals surface area contributed by atoms with Crippen molar-refractivity contribution in [3.63, 3.8) is 0 Å². The zero-order chi connectivity index (χ0) is 14.0. The van der Waals surface area contributed by atoms with Crippen molar-refractivity contribution in [2.45, 2.75) is 10.9 Å². The maximum absolute atomic E-state index is 11.2. The standard InChI is InChI=1S/C12H20N4O2S/c1-15-6-7-16(11(8-13)9-15)10-2-4-12(5-3-10)19(14,17)18/h2-5,11H,6-9,13H2,1H3,(H2,14,17,18). The van der Waals surface area contributed by atoms with Gasteiger partial charge in [-0.1, -0.05) is 0 Å². The second-order valence-electron chi connectivity index (χ2n) is 4.88. The summed E-state index contributed by atoms with van der Waals surface area (Å²) in [6, 6.07) is 6.90. The molecule has 1 atom stereocenters. The van der Waals surface area contributed by atoms with E-state index in [9.17, 15) is 8.42 Å². The van der Waals surface area contributed by atoms with Crippen molar-refractivity contribution < 1.29 is 8.42 Å². The predicted octanol–water partition coefficient (Wildman–Crippen LogP) is -0.587. The number of piperazine rings is 1. The molecule has 4 N–H and O–H groups in total. The molecule has 1 heterocycles. The Morgan fingerprint density at radius 1 is 1.26 bits per heavy atom. The van der Waals surface area contributed by atoms with Crippen LogP contribution >= 0.6 is 0 Å².